The zero-order valence-corrected chi connectivity index (χ0v) is 12.1. The summed E-state index contributed by atoms with van der Waals surface area (Å²) in [4.78, 5) is 12.1. The Morgan fingerprint density at radius 2 is 1.85 bits per heavy atom. The summed E-state index contributed by atoms with van der Waals surface area (Å²) in [5.74, 6) is 0.804. The molecular formula is C17H19NO2. The molecule has 0 aliphatic carbocycles. The maximum absolute atomic E-state index is 12.1. The van der Waals surface area contributed by atoms with Crippen molar-refractivity contribution in [3.63, 3.8) is 0 Å². The molecule has 2 rings (SSSR count). The van der Waals surface area contributed by atoms with Crippen LogP contribution in [0.2, 0.25) is 0 Å². The fourth-order valence-corrected chi connectivity index (χ4v) is 2.07. The quantitative estimate of drug-likeness (QED) is 0.922. The molecule has 0 aliphatic heterocycles. The Hall–Kier alpha value is -2.29. The van der Waals surface area contributed by atoms with Crippen LogP contribution in [0.4, 0.5) is 5.69 Å². The van der Waals surface area contributed by atoms with Crippen LogP contribution in [-0.2, 0) is 11.2 Å². The minimum absolute atomic E-state index is 0.00688. The van der Waals surface area contributed by atoms with Crippen molar-refractivity contribution in [2.45, 2.75) is 20.3 Å². The standard InChI is InChI=1S/C17H19NO2/c1-12-6-4-5-7-16(12)18-17(19)11-14-8-9-15(20-3)10-13(14)2/h4-10H,11H2,1-3H3,(H,18,19). The third kappa shape index (κ3) is 3.38. The Kier molecular flexibility index (Phi) is 4.41. The van der Waals surface area contributed by atoms with Crippen LogP contribution in [0, 0.1) is 13.8 Å². The van der Waals surface area contributed by atoms with Crippen LogP contribution < -0.4 is 10.1 Å². The maximum atomic E-state index is 12.1. The number of hydrogen-bond donors (Lipinski definition) is 1. The molecule has 2 aromatic carbocycles. The van der Waals surface area contributed by atoms with E-state index in [-0.39, 0.29) is 5.91 Å². The second-order valence-corrected chi connectivity index (χ2v) is 4.83. The molecule has 1 N–H and O–H groups in total. The molecule has 0 saturated heterocycles. The Bertz CT molecular complexity index is 620. The van der Waals surface area contributed by atoms with Crippen LogP contribution >= 0.6 is 0 Å². The van der Waals surface area contributed by atoms with E-state index < -0.39 is 0 Å². The van der Waals surface area contributed by atoms with Gasteiger partial charge in [-0.15, -0.1) is 0 Å². The zero-order valence-electron chi connectivity index (χ0n) is 12.1. The maximum Gasteiger partial charge on any atom is 0.228 e. The van der Waals surface area contributed by atoms with Gasteiger partial charge >= 0.3 is 0 Å². The SMILES string of the molecule is COc1ccc(CC(=O)Nc2ccccc2C)c(C)c1. The zero-order chi connectivity index (χ0) is 14.5. The van der Waals surface area contributed by atoms with E-state index in [0.717, 1.165) is 28.1 Å². The molecule has 0 saturated carbocycles. The number of amides is 1. The van der Waals surface area contributed by atoms with Crippen molar-refractivity contribution < 1.29 is 9.53 Å². The van der Waals surface area contributed by atoms with E-state index in [0.29, 0.717) is 6.42 Å². The van der Waals surface area contributed by atoms with Crippen molar-refractivity contribution in [1.82, 2.24) is 0 Å². The van der Waals surface area contributed by atoms with Crippen molar-refractivity contribution in [2.75, 3.05) is 12.4 Å². The second kappa shape index (κ2) is 6.24. The van der Waals surface area contributed by atoms with Gasteiger partial charge in [-0.05, 0) is 48.7 Å². The lowest BCUT2D eigenvalue weighted by Crippen LogP contribution is -2.15. The van der Waals surface area contributed by atoms with E-state index in [9.17, 15) is 4.79 Å². The molecule has 2 aromatic rings. The van der Waals surface area contributed by atoms with Gasteiger partial charge in [-0.3, -0.25) is 4.79 Å². The average molecular weight is 269 g/mol. The van der Waals surface area contributed by atoms with Crippen molar-refractivity contribution in [1.29, 1.82) is 0 Å². The van der Waals surface area contributed by atoms with Gasteiger partial charge in [0, 0.05) is 5.69 Å². The molecule has 0 aromatic heterocycles. The Labute approximate surface area is 119 Å². The van der Waals surface area contributed by atoms with Crippen molar-refractivity contribution >= 4 is 11.6 Å². The van der Waals surface area contributed by atoms with E-state index >= 15 is 0 Å². The van der Waals surface area contributed by atoms with Crippen LogP contribution in [0.1, 0.15) is 16.7 Å². The molecule has 1 amide bonds. The van der Waals surface area contributed by atoms with Gasteiger partial charge in [0.25, 0.3) is 0 Å². The minimum Gasteiger partial charge on any atom is -0.497 e. The van der Waals surface area contributed by atoms with Gasteiger partial charge in [-0.1, -0.05) is 24.3 Å². The first-order valence-electron chi connectivity index (χ1n) is 6.59. The number of anilines is 1. The van der Waals surface area contributed by atoms with Gasteiger partial charge in [0.15, 0.2) is 0 Å². The third-order valence-corrected chi connectivity index (χ3v) is 3.32. The molecule has 0 unspecified atom stereocenters. The molecule has 20 heavy (non-hydrogen) atoms. The Morgan fingerprint density at radius 3 is 2.50 bits per heavy atom. The highest BCUT2D eigenvalue weighted by Crippen LogP contribution is 2.18. The van der Waals surface area contributed by atoms with Crippen molar-refractivity contribution in [2.24, 2.45) is 0 Å². The highest BCUT2D eigenvalue weighted by atomic mass is 16.5. The summed E-state index contributed by atoms with van der Waals surface area (Å²) >= 11 is 0. The monoisotopic (exact) mass is 269 g/mol. The lowest BCUT2D eigenvalue weighted by molar-refractivity contribution is -0.115. The average Bonchev–Trinajstić information content (AvgIpc) is 2.43. The lowest BCUT2D eigenvalue weighted by Gasteiger charge is -2.10. The van der Waals surface area contributed by atoms with E-state index in [1.54, 1.807) is 7.11 Å². The number of carbonyl (C=O) groups is 1. The van der Waals surface area contributed by atoms with E-state index in [2.05, 4.69) is 5.32 Å². The predicted octanol–water partition coefficient (Wildman–Crippen LogP) is 3.49. The van der Waals surface area contributed by atoms with E-state index in [1.165, 1.54) is 0 Å². The lowest BCUT2D eigenvalue weighted by atomic mass is 10.0. The van der Waals surface area contributed by atoms with Crippen LogP contribution in [0.15, 0.2) is 42.5 Å². The van der Waals surface area contributed by atoms with Gasteiger partial charge in [0.05, 0.1) is 13.5 Å². The van der Waals surface area contributed by atoms with Crippen molar-refractivity contribution in [3.8, 4) is 5.75 Å². The number of aryl methyl sites for hydroxylation is 2. The minimum atomic E-state index is -0.00688. The molecule has 3 heteroatoms. The number of benzene rings is 2. The summed E-state index contributed by atoms with van der Waals surface area (Å²) in [7, 11) is 1.64. The molecule has 104 valence electrons. The molecule has 0 atom stereocenters. The molecule has 0 heterocycles. The van der Waals surface area contributed by atoms with Gasteiger partial charge < -0.3 is 10.1 Å². The molecular weight excluding hydrogens is 250 g/mol. The molecule has 0 radical (unpaired) electrons. The van der Waals surface area contributed by atoms with Crippen LogP contribution in [0.3, 0.4) is 0 Å². The fraction of sp³-hybridized carbons (Fsp3) is 0.235. The van der Waals surface area contributed by atoms with Crippen LogP contribution in [0.25, 0.3) is 0 Å². The third-order valence-electron chi connectivity index (χ3n) is 3.32. The number of carbonyl (C=O) groups excluding carboxylic acids is 1. The van der Waals surface area contributed by atoms with Gasteiger partial charge in [0.1, 0.15) is 5.75 Å². The predicted molar refractivity (Wildman–Crippen MR) is 81.2 cm³/mol. The molecule has 0 spiro atoms. The van der Waals surface area contributed by atoms with Crippen LogP contribution in [-0.4, -0.2) is 13.0 Å². The summed E-state index contributed by atoms with van der Waals surface area (Å²) in [6.07, 6.45) is 0.365. The highest BCUT2D eigenvalue weighted by molar-refractivity contribution is 5.93. The Balaban J connectivity index is 2.07. The fourth-order valence-electron chi connectivity index (χ4n) is 2.07. The Morgan fingerprint density at radius 1 is 1.10 bits per heavy atom. The van der Waals surface area contributed by atoms with Gasteiger partial charge in [0.2, 0.25) is 5.91 Å². The molecule has 0 bridgehead atoms. The van der Waals surface area contributed by atoms with Crippen molar-refractivity contribution in [3.05, 3.63) is 59.2 Å². The van der Waals surface area contributed by atoms with E-state index in [4.69, 9.17) is 4.74 Å². The summed E-state index contributed by atoms with van der Waals surface area (Å²) in [6, 6.07) is 13.5. The van der Waals surface area contributed by atoms with Crippen LogP contribution in [0.5, 0.6) is 5.75 Å². The van der Waals surface area contributed by atoms with E-state index in [1.807, 2.05) is 56.3 Å². The number of nitrogens with one attached hydrogen (secondary N) is 1. The van der Waals surface area contributed by atoms with Gasteiger partial charge in [-0.2, -0.15) is 0 Å². The number of ether oxygens (including phenoxy) is 1. The summed E-state index contributed by atoms with van der Waals surface area (Å²) < 4.78 is 5.17. The second-order valence-electron chi connectivity index (χ2n) is 4.83. The number of para-hydroxylation sites is 1. The first-order chi connectivity index (χ1) is 9.60. The number of hydrogen-bond acceptors (Lipinski definition) is 2. The first kappa shape index (κ1) is 14.1. The molecule has 3 nitrogen and oxygen atoms in total. The first-order valence-corrected chi connectivity index (χ1v) is 6.59. The number of rotatable bonds is 4. The number of methoxy groups -OCH3 is 1. The summed E-state index contributed by atoms with van der Waals surface area (Å²) in [5.41, 5.74) is 4.00. The largest absolute Gasteiger partial charge is 0.497 e. The van der Waals surface area contributed by atoms with Gasteiger partial charge in [-0.25, -0.2) is 0 Å². The highest BCUT2D eigenvalue weighted by Gasteiger charge is 2.08. The normalized spacial score (nSPS) is 10.2. The topological polar surface area (TPSA) is 38.3 Å². The molecule has 0 aliphatic rings. The smallest absolute Gasteiger partial charge is 0.228 e. The molecule has 0 fully saturated rings. The summed E-state index contributed by atoms with van der Waals surface area (Å²) in [5, 5.41) is 2.94. The summed E-state index contributed by atoms with van der Waals surface area (Å²) in [6.45, 7) is 3.97.